The summed E-state index contributed by atoms with van der Waals surface area (Å²) in [6, 6.07) is 14.9. The van der Waals surface area contributed by atoms with Crippen molar-refractivity contribution in [2.45, 2.75) is 25.4 Å². The van der Waals surface area contributed by atoms with Gasteiger partial charge >= 0.3 is 0 Å². The van der Waals surface area contributed by atoms with Gasteiger partial charge in [0.25, 0.3) is 5.91 Å². The van der Waals surface area contributed by atoms with Crippen LogP contribution in [0.3, 0.4) is 0 Å². The van der Waals surface area contributed by atoms with Crippen LogP contribution in [-0.4, -0.2) is 22.7 Å². The lowest BCUT2D eigenvalue weighted by Gasteiger charge is -2.24. The van der Waals surface area contributed by atoms with Crippen molar-refractivity contribution in [3.05, 3.63) is 76.0 Å². The number of fused-ring (bicyclic) bond motifs is 1. The Morgan fingerprint density at radius 2 is 2.00 bits per heavy atom. The van der Waals surface area contributed by atoms with Crippen LogP contribution in [-0.2, 0) is 12.0 Å². The van der Waals surface area contributed by atoms with Crippen LogP contribution < -0.4 is 5.32 Å². The highest BCUT2D eigenvalue weighted by molar-refractivity contribution is 6.33. The van der Waals surface area contributed by atoms with E-state index >= 15 is 0 Å². The van der Waals surface area contributed by atoms with Gasteiger partial charge in [0.1, 0.15) is 22.6 Å². The van der Waals surface area contributed by atoms with E-state index in [1.165, 1.54) is 0 Å². The Kier molecular flexibility index (Phi) is 4.50. The Morgan fingerprint density at radius 3 is 2.81 bits per heavy atom. The maximum atomic E-state index is 12.9. The number of aliphatic hydroxyl groups is 1. The largest absolute Gasteiger partial charge is 0.383 e. The fourth-order valence-electron chi connectivity index (χ4n) is 3.64. The molecule has 0 spiro atoms. The van der Waals surface area contributed by atoms with Crippen LogP contribution in [0.2, 0.25) is 5.02 Å². The Balaban J connectivity index is 1.59. The van der Waals surface area contributed by atoms with E-state index in [0.29, 0.717) is 34.0 Å². The minimum absolute atomic E-state index is 0.120. The maximum Gasteiger partial charge on any atom is 0.257 e. The minimum Gasteiger partial charge on any atom is -0.383 e. The third-order valence-corrected chi connectivity index (χ3v) is 5.42. The molecule has 3 aromatic rings. The Labute approximate surface area is 162 Å². The summed E-state index contributed by atoms with van der Waals surface area (Å²) in [5.74, 6) is 0.0581. The summed E-state index contributed by atoms with van der Waals surface area (Å²) in [6.45, 7) is 1.80. The standard InChI is InChI=1S/C21H19ClN2O3/c1-13-18(19(24-27-13)15-7-3-5-9-17(15)22)20(25)23-12-21(26)11-10-14-6-2-4-8-16(14)21/h2-9,26H,10-12H2,1H3,(H,23,25)/t21-/m0/s1. The average molecular weight is 383 g/mol. The number of halogens is 1. The summed E-state index contributed by atoms with van der Waals surface area (Å²) < 4.78 is 5.25. The molecule has 0 aliphatic heterocycles. The van der Waals surface area contributed by atoms with E-state index in [0.717, 1.165) is 17.5 Å². The molecule has 2 aromatic carbocycles. The molecule has 27 heavy (non-hydrogen) atoms. The molecule has 6 heteroatoms. The fraction of sp³-hybridized carbons (Fsp3) is 0.238. The van der Waals surface area contributed by atoms with Gasteiger partial charge in [-0.1, -0.05) is 59.2 Å². The number of nitrogens with zero attached hydrogens (tertiary/aromatic N) is 1. The van der Waals surface area contributed by atoms with E-state index < -0.39 is 5.60 Å². The van der Waals surface area contributed by atoms with E-state index in [1.54, 1.807) is 19.1 Å². The zero-order valence-corrected chi connectivity index (χ0v) is 15.6. The highest BCUT2D eigenvalue weighted by Gasteiger charge is 2.37. The summed E-state index contributed by atoms with van der Waals surface area (Å²) in [4.78, 5) is 12.9. The van der Waals surface area contributed by atoms with Gasteiger partial charge in [-0.2, -0.15) is 0 Å². The van der Waals surface area contributed by atoms with Crippen molar-refractivity contribution in [1.29, 1.82) is 0 Å². The second-order valence-corrected chi connectivity index (χ2v) is 7.22. The molecule has 0 radical (unpaired) electrons. The average Bonchev–Trinajstić information content (AvgIpc) is 3.22. The van der Waals surface area contributed by atoms with E-state index in [9.17, 15) is 9.90 Å². The van der Waals surface area contributed by atoms with Gasteiger partial charge in [0.05, 0.1) is 11.6 Å². The van der Waals surface area contributed by atoms with Crippen molar-refractivity contribution < 1.29 is 14.4 Å². The third-order valence-electron chi connectivity index (χ3n) is 5.09. The van der Waals surface area contributed by atoms with E-state index in [4.69, 9.17) is 16.1 Å². The van der Waals surface area contributed by atoms with Crippen molar-refractivity contribution in [3.8, 4) is 11.3 Å². The summed E-state index contributed by atoms with van der Waals surface area (Å²) in [5.41, 5.74) is 2.28. The van der Waals surface area contributed by atoms with Crippen LogP contribution in [0.15, 0.2) is 53.1 Å². The first-order valence-corrected chi connectivity index (χ1v) is 9.17. The molecule has 4 rings (SSSR count). The van der Waals surface area contributed by atoms with Gasteiger partial charge in [-0.15, -0.1) is 0 Å². The zero-order chi connectivity index (χ0) is 19.0. The minimum atomic E-state index is -1.07. The number of hydrogen-bond donors (Lipinski definition) is 2. The molecule has 0 unspecified atom stereocenters. The SMILES string of the molecule is Cc1onc(-c2ccccc2Cl)c1C(=O)NC[C@@]1(O)CCc2ccccc21. The first-order valence-electron chi connectivity index (χ1n) is 8.80. The van der Waals surface area contributed by atoms with Gasteiger partial charge in [0.2, 0.25) is 0 Å². The number of benzene rings is 2. The molecule has 1 aromatic heterocycles. The quantitative estimate of drug-likeness (QED) is 0.718. The van der Waals surface area contributed by atoms with Gasteiger partial charge in [-0.25, -0.2) is 0 Å². The molecule has 2 N–H and O–H groups in total. The summed E-state index contributed by atoms with van der Waals surface area (Å²) in [5, 5.41) is 18.4. The number of carbonyl (C=O) groups excluding carboxylic acids is 1. The lowest BCUT2D eigenvalue weighted by Crippen LogP contribution is -2.39. The second-order valence-electron chi connectivity index (χ2n) is 6.81. The summed E-state index contributed by atoms with van der Waals surface area (Å²) >= 11 is 6.25. The second kappa shape index (κ2) is 6.83. The number of aromatic nitrogens is 1. The number of nitrogens with one attached hydrogen (secondary N) is 1. The molecule has 1 aliphatic carbocycles. The number of rotatable bonds is 4. The van der Waals surface area contributed by atoms with Crippen LogP contribution in [0.5, 0.6) is 0 Å². The Hall–Kier alpha value is -2.63. The zero-order valence-electron chi connectivity index (χ0n) is 14.8. The highest BCUT2D eigenvalue weighted by atomic mass is 35.5. The molecule has 0 bridgehead atoms. The van der Waals surface area contributed by atoms with E-state index in [-0.39, 0.29) is 12.5 Å². The van der Waals surface area contributed by atoms with Gasteiger partial charge in [0.15, 0.2) is 0 Å². The lowest BCUT2D eigenvalue weighted by molar-refractivity contribution is 0.0369. The molecular weight excluding hydrogens is 364 g/mol. The monoisotopic (exact) mass is 382 g/mol. The lowest BCUT2D eigenvalue weighted by atomic mass is 9.95. The molecule has 0 saturated carbocycles. The molecule has 0 fully saturated rings. The number of aryl methyl sites for hydroxylation is 2. The summed E-state index contributed by atoms with van der Waals surface area (Å²) in [6.07, 6.45) is 1.37. The fourth-order valence-corrected chi connectivity index (χ4v) is 3.87. The van der Waals surface area contributed by atoms with Crippen molar-refractivity contribution in [2.24, 2.45) is 0 Å². The normalized spacial score (nSPS) is 18.3. The first-order chi connectivity index (χ1) is 13.0. The predicted molar refractivity (Wildman–Crippen MR) is 103 cm³/mol. The van der Waals surface area contributed by atoms with Crippen molar-refractivity contribution in [2.75, 3.05) is 6.54 Å². The predicted octanol–water partition coefficient (Wildman–Crippen LogP) is 3.87. The molecule has 1 heterocycles. The smallest absolute Gasteiger partial charge is 0.257 e. The van der Waals surface area contributed by atoms with Crippen LogP contribution in [0.1, 0.15) is 33.7 Å². The topological polar surface area (TPSA) is 75.4 Å². The molecule has 1 atom stereocenters. The maximum absolute atomic E-state index is 12.9. The van der Waals surface area contributed by atoms with Gasteiger partial charge in [0, 0.05) is 5.56 Å². The van der Waals surface area contributed by atoms with Crippen LogP contribution in [0, 0.1) is 6.92 Å². The number of carbonyl (C=O) groups is 1. The number of hydrogen-bond acceptors (Lipinski definition) is 4. The molecule has 138 valence electrons. The highest BCUT2D eigenvalue weighted by Crippen LogP contribution is 2.36. The van der Waals surface area contributed by atoms with Crippen LogP contribution >= 0.6 is 11.6 Å². The van der Waals surface area contributed by atoms with E-state index in [2.05, 4.69) is 10.5 Å². The molecule has 1 amide bonds. The first kappa shape index (κ1) is 17.8. The molecule has 1 aliphatic rings. The molecule has 5 nitrogen and oxygen atoms in total. The van der Waals surface area contributed by atoms with Crippen LogP contribution in [0.4, 0.5) is 0 Å². The van der Waals surface area contributed by atoms with Gasteiger partial charge < -0.3 is 14.9 Å². The van der Waals surface area contributed by atoms with Crippen molar-refractivity contribution in [1.82, 2.24) is 10.5 Å². The molecule has 0 saturated heterocycles. The van der Waals surface area contributed by atoms with Gasteiger partial charge in [-0.05, 0) is 37.0 Å². The molecular formula is C21H19ClN2O3. The van der Waals surface area contributed by atoms with Crippen molar-refractivity contribution >= 4 is 17.5 Å². The third kappa shape index (κ3) is 3.13. The van der Waals surface area contributed by atoms with E-state index in [1.807, 2.05) is 36.4 Å². The Bertz CT molecular complexity index is 1010. The van der Waals surface area contributed by atoms with Crippen LogP contribution in [0.25, 0.3) is 11.3 Å². The number of amides is 1. The van der Waals surface area contributed by atoms with Crippen molar-refractivity contribution in [3.63, 3.8) is 0 Å². The summed E-state index contributed by atoms with van der Waals surface area (Å²) in [7, 11) is 0. The van der Waals surface area contributed by atoms with Gasteiger partial charge in [-0.3, -0.25) is 4.79 Å². The Morgan fingerprint density at radius 1 is 1.26 bits per heavy atom.